The van der Waals surface area contributed by atoms with Gasteiger partial charge in [-0.05, 0) is 42.8 Å². The van der Waals surface area contributed by atoms with Crippen LogP contribution in [0.3, 0.4) is 0 Å². The second kappa shape index (κ2) is 8.12. The number of halogens is 1. The second-order valence-electron chi connectivity index (χ2n) is 7.69. The maximum Gasteiger partial charge on any atom is 0.340 e. The van der Waals surface area contributed by atoms with Crippen LogP contribution >= 0.6 is 15.9 Å². The fourth-order valence-corrected chi connectivity index (χ4v) is 3.07. The van der Waals surface area contributed by atoms with Gasteiger partial charge in [-0.25, -0.2) is 4.79 Å². The Balaban J connectivity index is 2.82. The van der Waals surface area contributed by atoms with Crippen LogP contribution in [0.5, 0.6) is 0 Å². The van der Waals surface area contributed by atoms with Crippen LogP contribution in [0, 0.1) is 0 Å². The SMILES string of the molecule is COC(=O)C(C)(CO[Si](C)(C)C(C)(C)C)OCc1ccc(Br)cc1. The molecule has 0 spiro atoms. The minimum Gasteiger partial charge on any atom is -0.467 e. The minimum atomic E-state index is -1.98. The molecule has 0 saturated carbocycles. The van der Waals surface area contributed by atoms with Crippen molar-refractivity contribution in [3.8, 4) is 0 Å². The van der Waals surface area contributed by atoms with Crippen LogP contribution in [-0.2, 0) is 25.3 Å². The number of methoxy groups -OCH3 is 1. The van der Waals surface area contributed by atoms with Crippen molar-refractivity contribution in [1.29, 1.82) is 0 Å². The number of benzene rings is 1. The molecule has 1 aromatic rings. The van der Waals surface area contributed by atoms with Crippen molar-refractivity contribution in [1.82, 2.24) is 0 Å². The van der Waals surface area contributed by atoms with E-state index in [0.29, 0.717) is 6.61 Å². The topological polar surface area (TPSA) is 44.8 Å². The molecular weight excluding hydrogens is 388 g/mol. The molecule has 6 heteroatoms. The summed E-state index contributed by atoms with van der Waals surface area (Å²) in [5, 5.41) is 0.0652. The molecule has 0 aliphatic rings. The molecule has 1 aromatic carbocycles. The van der Waals surface area contributed by atoms with Gasteiger partial charge in [0.1, 0.15) is 0 Å². The fourth-order valence-electron chi connectivity index (χ4n) is 1.73. The van der Waals surface area contributed by atoms with Gasteiger partial charge in [0.15, 0.2) is 13.9 Å². The number of hydrogen-bond acceptors (Lipinski definition) is 4. The molecule has 0 saturated heterocycles. The number of hydrogen-bond donors (Lipinski definition) is 0. The van der Waals surface area contributed by atoms with Crippen LogP contribution in [0.2, 0.25) is 18.1 Å². The molecule has 1 atom stereocenters. The van der Waals surface area contributed by atoms with E-state index in [1.54, 1.807) is 6.92 Å². The number of esters is 1. The van der Waals surface area contributed by atoms with Gasteiger partial charge in [-0.3, -0.25) is 0 Å². The molecule has 24 heavy (non-hydrogen) atoms. The molecule has 0 N–H and O–H groups in total. The van der Waals surface area contributed by atoms with E-state index >= 15 is 0 Å². The largest absolute Gasteiger partial charge is 0.467 e. The first kappa shape index (κ1) is 21.3. The van der Waals surface area contributed by atoms with Gasteiger partial charge in [-0.2, -0.15) is 0 Å². The molecule has 1 rings (SSSR count). The van der Waals surface area contributed by atoms with Crippen molar-refractivity contribution < 1.29 is 18.7 Å². The summed E-state index contributed by atoms with van der Waals surface area (Å²) in [5.41, 5.74) is -0.141. The average Bonchev–Trinajstić information content (AvgIpc) is 2.50. The minimum absolute atomic E-state index is 0.0652. The molecule has 0 radical (unpaired) electrons. The summed E-state index contributed by atoms with van der Waals surface area (Å²) in [7, 11) is -0.612. The van der Waals surface area contributed by atoms with Crippen molar-refractivity contribution in [2.45, 2.75) is 58.0 Å². The lowest BCUT2D eigenvalue weighted by Crippen LogP contribution is -2.50. The molecule has 0 fully saturated rings. The zero-order valence-corrected chi connectivity index (χ0v) is 18.3. The van der Waals surface area contributed by atoms with Crippen LogP contribution < -0.4 is 0 Å². The number of carbonyl (C=O) groups excluding carboxylic acids is 1. The van der Waals surface area contributed by atoms with Crippen molar-refractivity contribution in [3.05, 3.63) is 34.3 Å². The fraction of sp³-hybridized carbons (Fsp3) is 0.611. The van der Waals surface area contributed by atoms with Gasteiger partial charge in [-0.15, -0.1) is 0 Å². The Hall–Kier alpha value is -0.693. The molecule has 1 unspecified atom stereocenters. The smallest absolute Gasteiger partial charge is 0.340 e. The highest BCUT2D eigenvalue weighted by Gasteiger charge is 2.42. The highest BCUT2D eigenvalue weighted by atomic mass is 79.9. The summed E-state index contributed by atoms with van der Waals surface area (Å²) >= 11 is 3.41. The van der Waals surface area contributed by atoms with Crippen LogP contribution in [0.25, 0.3) is 0 Å². The normalized spacial score (nSPS) is 15.0. The summed E-state index contributed by atoms with van der Waals surface area (Å²) in [6, 6.07) is 7.80. The summed E-state index contributed by atoms with van der Waals surface area (Å²) in [5.74, 6) is -0.418. The number of rotatable bonds is 7. The van der Waals surface area contributed by atoms with E-state index < -0.39 is 19.9 Å². The molecule has 0 aromatic heterocycles. The summed E-state index contributed by atoms with van der Waals surface area (Å²) in [6.07, 6.45) is 0. The quantitative estimate of drug-likeness (QED) is 0.467. The third-order valence-corrected chi connectivity index (χ3v) is 9.61. The Kier molecular flexibility index (Phi) is 7.23. The molecule has 0 aliphatic heterocycles. The van der Waals surface area contributed by atoms with E-state index in [1.807, 2.05) is 24.3 Å². The molecular formula is C18H29BrO4Si. The Bertz CT molecular complexity index is 551. The second-order valence-corrected chi connectivity index (χ2v) is 13.4. The van der Waals surface area contributed by atoms with Gasteiger partial charge in [0.25, 0.3) is 0 Å². The molecule has 0 aliphatic carbocycles. The maximum atomic E-state index is 12.3. The van der Waals surface area contributed by atoms with E-state index in [0.717, 1.165) is 10.0 Å². The van der Waals surface area contributed by atoms with Crippen molar-refractivity contribution in [2.75, 3.05) is 13.7 Å². The van der Waals surface area contributed by atoms with E-state index in [2.05, 4.69) is 49.8 Å². The zero-order valence-electron chi connectivity index (χ0n) is 15.7. The van der Waals surface area contributed by atoms with E-state index in [1.165, 1.54) is 7.11 Å². The van der Waals surface area contributed by atoms with E-state index in [-0.39, 0.29) is 11.6 Å². The third kappa shape index (κ3) is 5.69. The first-order valence-electron chi connectivity index (χ1n) is 8.02. The van der Waals surface area contributed by atoms with Crippen molar-refractivity contribution in [3.63, 3.8) is 0 Å². The zero-order chi connectivity index (χ0) is 18.6. The summed E-state index contributed by atoms with van der Waals surface area (Å²) in [4.78, 5) is 12.3. The molecule has 0 bridgehead atoms. The molecule has 0 amide bonds. The van der Waals surface area contributed by atoms with Gasteiger partial charge in [0, 0.05) is 4.47 Å². The molecule has 136 valence electrons. The standard InChI is InChI=1S/C18H29BrO4Si/c1-17(2,3)24(6,7)23-13-18(4,16(20)21-5)22-12-14-8-10-15(19)11-9-14/h8-11H,12-13H2,1-7H3. The first-order valence-corrected chi connectivity index (χ1v) is 11.7. The predicted octanol–water partition coefficient (Wildman–Crippen LogP) is 4.92. The van der Waals surface area contributed by atoms with Gasteiger partial charge in [-0.1, -0.05) is 48.8 Å². The van der Waals surface area contributed by atoms with Crippen LogP contribution in [-0.4, -0.2) is 33.6 Å². The average molecular weight is 417 g/mol. The Labute approximate surface area is 155 Å². The number of ether oxygens (including phenoxy) is 2. The number of carbonyl (C=O) groups is 1. The Morgan fingerprint density at radius 2 is 1.67 bits per heavy atom. The monoisotopic (exact) mass is 416 g/mol. The Morgan fingerprint density at radius 1 is 1.12 bits per heavy atom. The summed E-state index contributed by atoms with van der Waals surface area (Å²) in [6.45, 7) is 13.0. The van der Waals surface area contributed by atoms with E-state index in [9.17, 15) is 4.79 Å². The lowest BCUT2D eigenvalue weighted by Gasteiger charge is -2.39. The van der Waals surface area contributed by atoms with Gasteiger partial charge in [0.05, 0.1) is 20.3 Å². The highest BCUT2D eigenvalue weighted by Crippen LogP contribution is 2.37. The van der Waals surface area contributed by atoms with Crippen LogP contribution in [0.15, 0.2) is 28.7 Å². The van der Waals surface area contributed by atoms with E-state index in [4.69, 9.17) is 13.9 Å². The van der Waals surface area contributed by atoms with Crippen molar-refractivity contribution in [2.24, 2.45) is 0 Å². The highest BCUT2D eigenvalue weighted by molar-refractivity contribution is 9.10. The summed E-state index contributed by atoms with van der Waals surface area (Å²) < 4.78 is 18.1. The van der Waals surface area contributed by atoms with Gasteiger partial charge < -0.3 is 13.9 Å². The third-order valence-electron chi connectivity index (χ3n) is 4.60. The lowest BCUT2D eigenvalue weighted by molar-refractivity contribution is -0.173. The van der Waals surface area contributed by atoms with Crippen LogP contribution in [0.1, 0.15) is 33.3 Å². The van der Waals surface area contributed by atoms with Gasteiger partial charge >= 0.3 is 5.97 Å². The van der Waals surface area contributed by atoms with Crippen LogP contribution in [0.4, 0.5) is 0 Å². The predicted molar refractivity (Wildman–Crippen MR) is 103 cm³/mol. The first-order chi connectivity index (χ1) is 10.9. The molecule has 4 nitrogen and oxygen atoms in total. The maximum absolute atomic E-state index is 12.3. The molecule has 0 heterocycles. The van der Waals surface area contributed by atoms with Crippen molar-refractivity contribution >= 4 is 30.2 Å². The lowest BCUT2D eigenvalue weighted by atomic mass is 10.1. The Morgan fingerprint density at radius 3 is 2.12 bits per heavy atom. The van der Waals surface area contributed by atoms with Gasteiger partial charge in [0.2, 0.25) is 0 Å².